The lowest BCUT2D eigenvalue weighted by Crippen LogP contribution is -2.41. The maximum atomic E-state index is 11.6. The first-order valence-electron chi connectivity index (χ1n) is 5.46. The van der Waals surface area contributed by atoms with Crippen molar-refractivity contribution in [3.63, 3.8) is 0 Å². The van der Waals surface area contributed by atoms with Gasteiger partial charge < -0.3 is 14.8 Å². The highest BCUT2D eigenvalue weighted by Crippen LogP contribution is 2.22. The van der Waals surface area contributed by atoms with Crippen LogP contribution in [0.4, 0.5) is 0 Å². The maximum Gasteiger partial charge on any atom is 0.232 e. The second kappa shape index (κ2) is 5.60. The van der Waals surface area contributed by atoms with Crippen molar-refractivity contribution in [2.75, 3.05) is 12.8 Å². The molecule has 5 heteroatoms. The van der Waals surface area contributed by atoms with Gasteiger partial charge in [-0.25, -0.2) is 0 Å². The number of furan rings is 1. The normalized spacial score (nSPS) is 16.3. The van der Waals surface area contributed by atoms with Crippen LogP contribution < -0.4 is 5.32 Å². The molecule has 1 aromatic heterocycles. The number of aliphatic hydroxyl groups is 1. The number of carbonyl (C=O) groups excluding carboxylic acids is 1. The van der Waals surface area contributed by atoms with Crippen molar-refractivity contribution >= 4 is 17.7 Å². The van der Waals surface area contributed by atoms with Crippen molar-refractivity contribution in [2.24, 2.45) is 0 Å². The summed E-state index contributed by atoms with van der Waals surface area (Å²) in [4.78, 5) is 11.6. The molecule has 2 unspecified atom stereocenters. The fraction of sp³-hybridized carbons (Fsp3) is 0.583. The van der Waals surface area contributed by atoms with Crippen LogP contribution in [-0.4, -0.2) is 29.1 Å². The molecule has 0 bridgehead atoms. The monoisotopic (exact) mass is 257 g/mol. The van der Waals surface area contributed by atoms with Gasteiger partial charge in [0.2, 0.25) is 5.91 Å². The summed E-state index contributed by atoms with van der Waals surface area (Å²) in [7, 11) is 0. The molecule has 4 nitrogen and oxygen atoms in total. The van der Waals surface area contributed by atoms with E-state index in [1.165, 1.54) is 11.8 Å². The van der Waals surface area contributed by atoms with Crippen molar-refractivity contribution in [3.05, 3.63) is 23.7 Å². The van der Waals surface area contributed by atoms with E-state index in [1.54, 1.807) is 19.1 Å². The van der Waals surface area contributed by atoms with Crippen LogP contribution in [0, 0.1) is 6.92 Å². The van der Waals surface area contributed by atoms with Gasteiger partial charge in [-0.1, -0.05) is 0 Å². The van der Waals surface area contributed by atoms with Gasteiger partial charge in [0, 0.05) is 0 Å². The number of rotatable bonds is 5. The Morgan fingerprint density at radius 2 is 2.29 bits per heavy atom. The van der Waals surface area contributed by atoms with E-state index < -0.39 is 5.60 Å². The molecule has 0 saturated heterocycles. The predicted molar refractivity (Wildman–Crippen MR) is 69.0 cm³/mol. The molecule has 0 spiro atoms. The van der Waals surface area contributed by atoms with Gasteiger partial charge >= 0.3 is 0 Å². The van der Waals surface area contributed by atoms with Crippen LogP contribution in [0.3, 0.4) is 0 Å². The first-order chi connectivity index (χ1) is 7.86. The Balaban J connectivity index is 2.59. The third-order valence-corrected chi connectivity index (χ3v) is 3.52. The summed E-state index contributed by atoms with van der Waals surface area (Å²) in [5, 5.41) is 12.8. The topological polar surface area (TPSA) is 62.5 Å². The number of amides is 1. The quantitative estimate of drug-likeness (QED) is 0.842. The largest absolute Gasteiger partial charge is 0.463 e. The van der Waals surface area contributed by atoms with E-state index in [9.17, 15) is 9.90 Å². The van der Waals surface area contributed by atoms with Crippen LogP contribution in [0.1, 0.15) is 25.4 Å². The number of carbonyl (C=O) groups is 1. The fourth-order valence-corrected chi connectivity index (χ4v) is 1.62. The molecule has 17 heavy (non-hydrogen) atoms. The summed E-state index contributed by atoms with van der Waals surface area (Å²) >= 11 is 1.47. The SMILES string of the molecule is CSC(C)C(=O)NCC(C)(O)c1ccc(C)o1. The first-order valence-corrected chi connectivity index (χ1v) is 6.75. The zero-order chi connectivity index (χ0) is 13.1. The molecule has 0 fully saturated rings. The minimum Gasteiger partial charge on any atom is -0.463 e. The highest BCUT2D eigenvalue weighted by Gasteiger charge is 2.28. The summed E-state index contributed by atoms with van der Waals surface area (Å²) in [6.45, 7) is 5.40. The summed E-state index contributed by atoms with van der Waals surface area (Å²) in [5.41, 5.74) is -1.18. The van der Waals surface area contributed by atoms with Gasteiger partial charge in [0.15, 0.2) is 0 Å². The Labute approximate surface area is 106 Å². The van der Waals surface area contributed by atoms with E-state index in [0.29, 0.717) is 5.76 Å². The summed E-state index contributed by atoms with van der Waals surface area (Å²) < 4.78 is 5.36. The molecule has 0 aliphatic heterocycles. The summed E-state index contributed by atoms with van der Waals surface area (Å²) in [5.74, 6) is 1.12. The molecule has 0 aromatic carbocycles. The number of nitrogens with one attached hydrogen (secondary N) is 1. The molecule has 1 aromatic rings. The number of thioether (sulfide) groups is 1. The van der Waals surface area contributed by atoms with Gasteiger partial charge in [0.25, 0.3) is 0 Å². The molecule has 0 radical (unpaired) electrons. The Hall–Kier alpha value is -0.940. The van der Waals surface area contributed by atoms with E-state index >= 15 is 0 Å². The Morgan fingerprint density at radius 3 is 2.76 bits per heavy atom. The molecule has 2 N–H and O–H groups in total. The molecule has 0 aliphatic carbocycles. The first kappa shape index (κ1) is 14.1. The van der Waals surface area contributed by atoms with Gasteiger partial charge in [0.1, 0.15) is 17.1 Å². The van der Waals surface area contributed by atoms with Crippen LogP contribution in [0.15, 0.2) is 16.5 Å². The average molecular weight is 257 g/mol. The molecule has 2 atom stereocenters. The molecule has 1 rings (SSSR count). The van der Waals surface area contributed by atoms with E-state index in [4.69, 9.17) is 4.42 Å². The minimum atomic E-state index is -1.18. The fourth-order valence-electron chi connectivity index (χ4n) is 1.32. The van der Waals surface area contributed by atoms with Gasteiger partial charge in [0.05, 0.1) is 11.8 Å². The minimum absolute atomic E-state index is 0.0824. The number of hydrogen-bond acceptors (Lipinski definition) is 4. The van der Waals surface area contributed by atoms with Gasteiger partial charge in [-0.2, -0.15) is 11.8 Å². The molecular weight excluding hydrogens is 238 g/mol. The van der Waals surface area contributed by atoms with Crippen molar-refractivity contribution in [1.29, 1.82) is 0 Å². The van der Waals surface area contributed by atoms with Crippen LogP contribution in [0.25, 0.3) is 0 Å². The zero-order valence-corrected chi connectivity index (χ0v) is 11.4. The van der Waals surface area contributed by atoms with Gasteiger partial charge in [-0.3, -0.25) is 4.79 Å². The smallest absolute Gasteiger partial charge is 0.232 e. The van der Waals surface area contributed by atoms with Crippen LogP contribution in [0.5, 0.6) is 0 Å². The molecule has 1 amide bonds. The van der Waals surface area contributed by atoms with Gasteiger partial charge in [-0.15, -0.1) is 0 Å². The predicted octanol–water partition coefficient (Wildman–Crippen LogP) is 1.66. The van der Waals surface area contributed by atoms with E-state index in [-0.39, 0.29) is 17.7 Å². The molecule has 1 heterocycles. The third kappa shape index (κ3) is 3.78. The zero-order valence-electron chi connectivity index (χ0n) is 10.6. The molecule has 0 saturated carbocycles. The van der Waals surface area contributed by atoms with E-state index in [0.717, 1.165) is 5.76 Å². The average Bonchev–Trinajstić information content (AvgIpc) is 2.72. The van der Waals surface area contributed by atoms with Gasteiger partial charge in [-0.05, 0) is 39.2 Å². The second-order valence-electron chi connectivity index (χ2n) is 4.28. The summed E-state index contributed by atoms with van der Waals surface area (Å²) in [6.07, 6.45) is 1.87. The van der Waals surface area contributed by atoms with Crippen LogP contribution in [-0.2, 0) is 10.4 Å². The lowest BCUT2D eigenvalue weighted by atomic mass is 10.0. The lowest BCUT2D eigenvalue weighted by Gasteiger charge is -2.22. The second-order valence-corrected chi connectivity index (χ2v) is 5.46. The van der Waals surface area contributed by atoms with Crippen molar-refractivity contribution < 1.29 is 14.3 Å². The van der Waals surface area contributed by atoms with Crippen molar-refractivity contribution in [1.82, 2.24) is 5.32 Å². The van der Waals surface area contributed by atoms with E-state index in [1.807, 2.05) is 20.1 Å². The Kier molecular flexibility index (Phi) is 4.65. The van der Waals surface area contributed by atoms with E-state index in [2.05, 4.69) is 5.32 Å². The summed E-state index contributed by atoms with van der Waals surface area (Å²) in [6, 6.07) is 3.51. The molecule has 96 valence electrons. The van der Waals surface area contributed by atoms with Crippen LogP contribution >= 0.6 is 11.8 Å². The Bertz CT molecular complexity index is 387. The maximum absolute atomic E-state index is 11.6. The van der Waals surface area contributed by atoms with Crippen molar-refractivity contribution in [2.45, 2.75) is 31.6 Å². The highest BCUT2D eigenvalue weighted by atomic mass is 32.2. The standard InChI is InChI=1S/C12H19NO3S/c1-8-5-6-10(16-8)12(3,15)7-13-11(14)9(2)17-4/h5-6,9,15H,7H2,1-4H3,(H,13,14). The highest BCUT2D eigenvalue weighted by molar-refractivity contribution is 7.99. The molecular formula is C12H19NO3S. The number of aryl methyl sites for hydroxylation is 1. The van der Waals surface area contributed by atoms with Crippen molar-refractivity contribution in [3.8, 4) is 0 Å². The van der Waals surface area contributed by atoms with Crippen LogP contribution in [0.2, 0.25) is 0 Å². The number of hydrogen-bond donors (Lipinski definition) is 2. The lowest BCUT2D eigenvalue weighted by molar-refractivity contribution is -0.121. The molecule has 0 aliphatic rings. The Morgan fingerprint density at radius 1 is 1.65 bits per heavy atom. The third-order valence-electron chi connectivity index (χ3n) is 2.60.